The van der Waals surface area contributed by atoms with Crippen LogP contribution in [0.2, 0.25) is 0 Å². The average Bonchev–Trinajstić information content (AvgIpc) is 3.49. The Morgan fingerprint density at radius 3 is 2.63 bits per heavy atom. The van der Waals surface area contributed by atoms with E-state index >= 15 is 0 Å². The second-order valence-corrected chi connectivity index (χ2v) is 8.22. The summed E-state index contributed by atoms with van der Waals surface area (Å²) < 4.78 is 14.5. The number of benzene rings is 2. The van der Waals surface area contributed by atoms with E-state index in [1.54, 1.807) is 30.3 Å². The third kappa shape index (κ3) is 4.45. The lowest BCUT2D eigenvalue weighted by atomic mass is 10.0. The molecule has 1 aliphatic carbocycles. The quantitative estimate of drug-likeness (QED) is 0.395. The smallest absolute Gasteiger partial charge is 0.335 e. The van der Waals surface area contributed by atoms with Crippen LogP contribution < -0.4 is 10.6 Å². The van der Waals surface area contributed by atoms with Crippen molar-refractivity contribution in [1.29, 1.82) is 0 Å². The van der Waals surface area contributed by atoms with Gasteiger partial charge in [-0.25, -0.2) is 18.7 Å². The van der Waals surface area contributed by atoms with Crippen molar-refractivity contribution in [1.82, 2.24) is 25.2 Å². The zero-order valence-electron chi connectivity index (χ0n) is 18.4. The zero-order chi connectivity index (χ0) is 24.5. The predicted molar refractivity (Wildman–Crippen MR) is 122 cm³/mol. The van der Waals surface area contributed by atoms with Gasteiger partial charge in [0.05, 0.1) is 17.8 Å². The van der Waals surface area contributed by atoms with Gasteiger partial charge in [0, 0.05) is 18.7 Å². The summed E-state index contributed by atoms with van der Waals surface area (Å²) in [6.07, 6.45) is 2.76. The molecule has 1 atom stereocenters. The number of nitrogens with zero attached hydrogens (tertiary/aromatic N) is 3. The topological polar surface area (TPSA) is 126 Å². The van der Waals surface area contributed by atoms with Crippen molar-refractivity contribution in [3.8, 4) is 0 Å². The van der Waals surface area contributed by atoms with Crippen LogP contribution in [0.1, 0.15) is 60.5 Å². The molecule has 0 fully saturated rings. The lowest BCUT2D eigenvalue weighted by molar-refractivity contribution is 0.0696. The highest BCUT2D eigenvalue weighted by Crippen LogP contribution is 2.32. The van der Waals surface area contributed by atoms with Crippen LogP contribution in [0.5, 0.6) is 0 Å². The number of hydrogen-bond acceptors (Lipinski definition) is 5. The lowest BCUT2D eigenvalue weighted by Gasteiger charge is -2.15. The first-order valence-electron chi connectivity index (χ1n) is 10.9. The number of carboxylic acid groups (broad SMARTS) is 1. The fraction of sp³-hybridized carbons (Fsp3) is 0.160. The molecule has 0 saturated heterocycles. The van der Waals surface area contributed by atoms with Gasteiger partial charge in [-0.05, 0) is 53.8 Å². The molecule has 3 N–H and O–H groups in total. The minimum absolute atomic E-state index is 0.0446. The molecule has 0 unspecified atom stereocenters. The molecule has 0 spiro atoms. The number of carbonyl (C=O) groups is 3. The number of carbonyl (C=O) groups excluding carboxylic acids is 2. The van der Waals surface area contributed by atoms with Gasteiger partial charge in [-0.1, -0.05) is 18.2 Å². The number of halogens is 1. The molecule has 9 nitrogen and oxygen atoms in total. The summed E-state index contributed by atoms with van der Waals surface area (Å²) in [7, 11) is 0. The molecule has 5 rings (SSSR count). The van der Waals surface area contributed by atoms with Crippen molar-refractivity contribution in [2.45, 2.75) is 25.4 Å². The molecule has 2 amide bonds. The minimum atomic E-state index is -0.997. The van der Waals surface area contributed by atoms with Gasteiger partial charge in [0.1, 0.15) is 17.2 Å². The van der Waals surface area contributed by atoms with Crippen LogP contribution in [0.3, 0.4) is 0 Å². The van der Waals surface area contributed by atoms with Gasteiger partial charge in [0.15, 0.2) is 5.65 Å². The van der Waals surface area contributed by atoms with Crippen molar-refractivity contribution in [3.05, 3.63) is 100 Å². The van der Waals surface area contributed by atoms with E-state index in [9.17, 15) is 23.9 Å². The highest BCUT2D eigenvalue weighted by Gasteiger charge is 2.27. The highest BCUT2D eigenvalue weighted by atomic mass is 19.1. The summed E-state index contributed by atoms with van der Waals surface area (Å²) >= 11 is 0. The summed E-state index contributed by atoms with van der Waals surface area (Å²) in [5.74, 6) is -2.28. The lowest BCUT2D eigenvalue weighted by Crippen LogP contribution is -2.30. The normalized spacial score (nSPS) is 14.5. The number of amides is 2. The molecule has 0 radical (unpaired) electrons. The number of aromatic nitrogens is 3. The molecule has 2 aromatic carbocycles. The molecule has 0 bridgehead atoms. The molecule has 4 aromatic rings. The predicted octanol–water partition coefficient (Wildman–Crippen LogP) is 2.91. The number of aryl methyl sites for hydroxylation is 1. The van der Waals surface area contributed by atoms with E-state index in [-0.39, 0.29) is 35.4 Å². The Bertz CT molecular complexity index is 1460. The van der Waals surface area contributed by atoms with Gasteiger partial charge < -0.3 is 15.7 Å². The monoisotopic (exact) mass is 473 g/mol. The maximum Gasteiger partial charge on any atom is 0.335 e. The standard InChI is InChI=1S/C25H20FN5O4/c26-17-5-1-14(2-6-17)13-27-23(32)20-12-21(31-22(29-20)9-10-28-31)24(33)30-19-8-4-15-11-16(25(34)35)3-7-18(15)19/h1-3,5-7,9-12,19H,4,8,13H2,(H,27,32)(H,30,33)(H,34,35)/t19-/m0/s1. The molecule has 0 aliphatic heterocycles. The summed E-state index contributed by atoms with van der Waals surface area (Å²) in [6.45, 7) is 0.171. The van der Waals surface area contributed by atoms with Crippen LogP contribution in [-0.2, 0) is 13.0 Å². The van der Waals surface area contributed by atoms with Gasteiger partial charge >= 0.3 is 5.97 Å². The fourth-order valence-electron chi connectivity index (χ4n) is 4.20. The number of nitrogens with one attached hydrogen (secondary N) is 2. The van der Waals surface area contributed by atoms with E-state index in [0.29, 0.717) is 24.1 Å². The molecule has 176 valence electrons. The Morgan fingerprint density at radius 2 is 1.86 bits per heavy atom. The number of aromatic carboxylic acids is 1. The molecular formula is C25H20FN5O4. The zero-order valence-corrected chi connectivity index (χ0v) is 18.4. The fourth-order valence-corrected chi connectivity index (χ4v) is 4.20. The van der Waals surface area contributed by atoms with E-state index in [2.05, 4.69) is 20.7 Å². The number of carboxylic acids is 1. The van der Waals surface area contributed by atoms with Crippen LogP contribution in [0.25, 0.3) is 5.65 Å². The van der Waals surface area contributed by atoms with E-state index in [4.69, 9.17) is 0 Å². The molecule has 2 heterocycles. The van der Waals surface area contributed by atoms with Crippen LogP contribution in [0.4, 0.5) is 4.39 Å². The summed E-state index contributed by atoms with van der Waals surface area (Å²) in [4.78, 5) is 41.5. The van der Waals surface area contributed by atoms with E-state index in [0.717, 1.165) is 11.1 Å². The molecular weight excluding hydrogens is 453 g/mol. The van der Waals surface area contributed by atoms with Crippen molar-refractivity contribution >= 4 is 23.4 Å². The average molecular weight is 473 g/mol. The SMILES string of the molecule is O=C(O)c1ccc2c(c1)CC[C@@H]2NC(=O)c1cc(C(=O)NCc2ccc(F)cc2)nc2ccnn12. The van der Waals surface area contributed by atoms with Crippen LogP contribution >= 0.6 is 0 Å². The van der Waals surface area contributed by atoms with Gasteiger partial charge in [0.2, 0.25) is 0 Å². The molecule has 10 heteroatoms. The van der Waals surface area contributed by atoms with E-state index in [1.807, 2.05) is 0 Å². The molecule has 0 saturated carbocycles. The second kappa shape index (κ2) is 8.98. The Morgan fingerprint density at radius 1 is 1.06 bits per heavy atom. The van der Waals surface area contributed by atoms with E-state index in [1.165, 1.54) is 35.0 Å². The van der Waals surface area contributed by atoms with Crippen molar-refractivity contribution < 1.29 is 23.9 Å². The summed E-state index contributed by atoms with van der Waals surface area (Å²) in [5.41, 5.74) is 3.20. The van der Waals surface area contributed by atoms with Gasteiger partial charge in [0.25, 0.3) is 11.8 Å². The highest BCUT2D eigenvalue weighted by molar-refractivity contribution is 5.98. The Hall–Kier alpha value is -4.60. The largest absolute Gasteiger partial charge is 0.478 e. The van der Waals surface area contributed by atoms with Crippen molar-refractivity contribution in [2.24, 2.45) is 0 Å². The van der Waals surface area contributed by atoms with Gasteiger partial charge in [-0.15, -0.1) is 0 Å². The van der Waals surface area contributed by atoms with Gasteiger partial charge in [-0.3, -0.25) is 9.59 Å². The molecule has 2 aromatic heterocycles. The van der Waals surface area contributed by atoms with E-state index < -0.39 is 17.8 Å². The first kappa shape index (κ1) is 22.2. The maximum atomic E-state index is 13.2. The summed E-state index contributed by atoms with van der Waals surface area (Å²) in [6, 6.07) is 13.3. The third-order valence-electron chi connectivity index (χ3n) is 5.96. The molecule has 35 heavy (non-hydrogen) atoms. The van der Waals surface area contributed by atoms with Crippen LogP contribution in [0, 0.1) is 5.82 Å². The van der Waals surface area contributed by atoms with Gasteiger partial charge in [-0.2, -0.15) is 5.10 Å². The second-order valence-electron chi connectivity index (χ2n) is 8.22. The molecule has 1 aliphatic rings. The van der Waals surface area contributed by atoms with Crippen LogP contribution in [-0.4, -0.2) is 37.5 Å². The Kier molecular flexibility index (Phi) is 5.69. The first-order valence-corrected chi connectivity index (χ1v) is 10.9. The summed E-state index contributed by atoms with van der Waals surface area (Å²) in [5, 5.41) is 19.1. The maximum absolute atomic E-state index is 13.2. The minimum Gasteiger partial charge on any atom is -0.478 e. The first-order chi connectivity index (χ1) is 16.9. The van der Waals surface area contributed by atoms with Crippen molar-refractivity contribution in [3.63, 3.8) is 0 Å². The number of fused-ring (bicyclic) bond motifs is 2. The van der Waals surface area contributed by atoms with Crippen LogP contribution in [0.15, 0.2) is 60.8 Å². The van der Waals surface area contributed by atoms with Crippen molar-refractivity contribution in [2.75, 3.05) is 0 Å². The Labute approximate surface area is 198 Å². The Balaban J connectivity index is 1.36. The third-order valence-corrected chi connectivity index (χ3v) is 5.96. The number of rotatable bonds is 6. The number of hydrogen-bond donors (Lipinski definition) is 3.